The van der Waals surface area contributed by atoms with Gasteiger partial charge in [0.2, 0.25) is 0 Å². The lowest BCUT2D eigenvalue weighted by Gasteiger charge is -2.04. The van der Waals surface area contributed by atoms with E-state index >= 15 is 0 Å². The fourth-order valence-corrected chi connectivity index (χ4v) is 7.51. The molecule has 4 rings (SSSR count). The van der Waals surface area contributed by atoms with Gasteiger partial charge >= 0.3 is 0 Å². The molecule has 0 saturated heterocycles. The summed E-state index contributed by atoms with van der Waals surface area (Å²) in [6.45, 7) is 4.56. The molecule has 0 saturated carbocycles. The van der Waals surface area contributed by atoms with E-state index in [1.165, 1.54) is 138 Å². The zero-order valence-corrected chi connectivity index (χ0v) is 23.9. The average molecular weight is 525 g/mol. The van der Waals surface area contributed by atoms with E-state index in [2.05, 4.69) is 58.5 Å². The molecule has 4 aromatic rings. The van der Waals surface area contributed by atoms with Crippen LogP contribution in [0.15, 0.2) is 35.0 Å². The second kappa shape index (κ2) is 14.2. The summed E-state index contributed by atoms with van der Waals surface area (Å²) in [6, 6.07) is 9.35. The van der Waals surface area contributed by atoms with Crippen LogP contribution in [0.25, 0.3) is 31.1 Å². The van der Waals surface area contributed by atoms with Crippen molar-refractivity contribution in [2.45, 2.75) is 104 Å². The molecule has 0 bridgehead atoms. The molecule has 0 fully saturated rings. The zero-order chi connectivity index (χ0) is 24.3. The third-order valence-electron chi connectivity index (χ3n) is 6.88. The van der Waals surface area contributed by atoms with E-state index in [9.17, 15) is 0 Å². The summed E-state index contributed by atoms with van der Waals surface area (Å²) in [6.07, 6.45) is 18.6. The minimum atomic E-state index is 1.06. The van der Waals surface area contributed by atoms with Gasteiger partial charge in [0, 0.05) is 20.9 Å². The van der Waals surface area contributed by atoms with Gasteiger partial charge in [-0.3, -0.25) is 0 Å². The van der Waals surface area contributed by atoms with Crippen LogP contribution >= 0.6 is 34.2 Å². The van der Waals surface area contributed by atoms with Crippen LogP contribution in [0.1, 0.15) is 102 Å². The van der Waals surface area contributed by atoms with Crippen LogP contribution in [0.5, 0.6) is 0 Å². The molecule has 35 heavy (non-hydrogen) atoms. The predicted molar refractivity (Wildman–Crippen MR) is 158 cm³/mol. The van der Waals surface area contributed by atoms with Crippen molar-refractivity contribution in [3.8, 4) is 20.9 Å². The zero-order valence-electron chi connectivity index (χ0n) is 21.5. The number of thiophene rings is 2. The standard InChI is InChI=1S/C30H40N2S3/c1-3-5-7-9-11-13-15-23-19-27(33-21-23)25-17-18-26(30-29(25)31-32-35-30)28-20-24(22-34-28)16-14-12-10-8-6-4-2/h17-22H,3-16H2,1-2H3. The molecule has 0 aliphatic carbocycles. The Bertz CT molecular complexity index is 1070. The molecule has 0 aliphatic rings. The Labute approximate surface area is 224 Å². The summed E-state index contributed by atoms with van der Waals surface area (Å²) in [5.41, 5.74) is 6.54. The highest BCUT2D eigenvalue weighted by atomic mass is 32.1. The molecular weight excluding hydrogens is 485 g/mol. The number of nitrogens with zero attached hydrogens (tertiary/aromatic N) is 2. The highest BCUT2D eigenvalue weighted by molar-refractivity contribution is 7.16. The number of rotatable bonds is 16. The van der Waals surface area contributed by atoms with Crippen LogP contribution in [0.3, 0.4) is 0 Å². The van der Waals surface area contributed by atoms with Gasteiger partial charge < -0.3 is 0 Å². The van der Waals surface area contributed by atoms with E-state index in [4.69, 9.17) is 0 Å². The van der Waals surface area contributed by atoms with Crippen molar-refractivity contribution in [3.05, 3.63) is 46.2 Å². The van der Waals surface area contributed by atoms with Crippen molar-refractivity contribution in [3.63, 3.8) is 0 Å². The summed E-state index contributed by atoms with van der Waals surface area (Å²) in [5, 5.41) is 9.26. The van der Waals surface area contributed by atoms with Crippen molar-refractivity contribution in [2.75, 3.05) is 0 Å². The van der Waals surface area contributed by atoms with Gasteiger partial charge in [0.1, 0.15) is 5.52 Å². The first-order chi connectivity index (χ1) is 17.3. The Morgan fingerprint density at radius 2 is 1.14 bits per heavy atom. The molecule has 0 N–H and O–H groups in total. The van der Waals surface area contributed by atoms with Gasteiger partial charge in [-0.15, -0.1) is 27.8 Å². The monoisotopic (exact) mass is 524 g/mol. The summed E-state index contributed by atoms with van der Waals surface area (Å²) in [4.78, 5) is 2.67. The molecular formula is C30H40N2S3. The number of aryl methyl sites for hydroxylation is 2. The molecule has 3 heterocycles. The third-order valence-corrected chi connectivity index (χ3v) is 9.66. The van der Waals surface area contributed by atoms with E-state index in [1.54, 1.807) is 0 Å². The molecule has 188 valence electrons. The smallest absolute Gasteiger partial charge is 0.115 e. The van der Waals surface area contributed by atoms with Crippen LogP contribution < -0.4 is 0 Å². The summed E-state index contributed by atoms with van der Waals surface area (Å²) in [7, 11) is 0. The van der Waals surface area contributed by atoms with Crippen molar-refractivity contribution in [2.24, 2.45) is 0 Å². The van der Waals surface area contributed by atoms with Crippen molar-refractivity contribution in [1.82, 2.24) is 9.59 Å². The summed E-state index contributed by atoms with van der Waals surface area (Å²) >= 11 is 5.26. The molecule has 1 aromatic carbocycles. The lowest BCUT2D eigenvalue weighted by atomic mass is 10.0. The highest BCUT2D eigenvalue weighted by Gasteiger charge is 2.16. The van der Waals surface area contributed by atoms with Gasteiger partial charge in [0.05, 0.1) is 4.70 Å². The molecule has 0 spiro atoms. The van der Waals surface area contributed by atoms with E-state index in [-0.39, 0.29) is 0 Å². The van der Waals surface area contributed by atoms with E-state index in [1.807, 2.05) is 22.7 Å². The Hall–Kier alpha value is -1.56. The molecule has 0 aliphatic heterocycles. The van der Waals surface area contributed by atoms with Gasteiger partial charge in [-0.25, -0.2) is 0 Å². The Kier molecular flexibility index (Phi) is 10.8. The number of hydrogen-bond acceptors (Lipinski definition) is 5. The van der Waals surface area contributed by atoms with Crippen LogP contribution in [-0.4, -0.2) is 9.59 Å². The van der Waals surface area contributed by atoms with Gasteiger partial charge in [-0.05, 0) is 71.2 Å². The first-order valence-electron chi connectivity index (χ1n) is 13.7. The third kappa shape index (κ3) is 7.47. The first-order valence-corrected chi connectivity index (χ1v) is 16.2. The summed E-state index contributed by atoms with van der Waals surface area (Å²) < 4.78 is 5.58. The van der Waals surface area contributed by atoms with Crippen molar-refractivity contribution < 1.29 is 0 Å². The maximum atomic E-state index is 4.57. The minimum absolute atomic E-state index is 1.06. The van der Waals surface area contributed by atoms with E-state index < -0.39 is 0 Å². The molecule has 0 atom stereocenters. The largest absolute Gasteiger partial charge is 0.143 e. The number of aromatic nitrogens is 2. The SMILES string of the molecule is CCCCCCCCc1csc(-c2ccc(-c3cc(CCCCCCCC)cs3)c3snnc23)c1. The Morgan fingerprint density at radius 1 is 0.629 bits per heavy atom. The van der Waals surface area contributed by atoms with Crippen LogP contribution in [0, 0.1) is 0 Å². The van der Waals surface area contributed by atoms with Gasteiger partial charge in [0.25, 0.3) is 0 Å². The van der Waals surface area contributed by atoms with E-state index in [0.29, 0.717) is 0 Å². The van der Waals surface area contributed by atoms with Crippen LogP contribution in [-0.2, 0) is 12.8 Å². The minimum Gasteiger partial charge on any atom is -0.143 e. The van der Waals surface area contributed by atoms with Crippen LogP contribution in [0.2, 0.25) is 0 Å². The lowest BCUT2D eigenvalue weighted by Crippen LogP contribution is -1.84. The molecule has 0 amide bonds. The highest BCUT2D eigenvalue weighted by Crippen LogP contribution is 2.40. The van der Waals surface area contributed by atoms with E-state index in [0.717, 1.165) is 5.52 Å². The Balaban J connectivity index is 1.39. The van der Waals surface area contributed by atoms with Gasteiger partial charge in [-0.1, -0.05) is 94.7 Å². The lowest BCUT2D eigenvalue weighted by molar-refractivity contribution is 0.608. The second-order valence-corrected chi connectivity index (χ2v) is 12.4. The number of benzene rings is 1. The molecule has 5 heteroatoms. The number of fused-ring (bicyclic) bond motifs is 1. The normalized spacial score (nSPS) is 11.6. The second-order valence-electron chi connectivity index (χ2n) is 9.79. The fourth-order valence-electron chi connectivity index (χ4n) is 4.77. The Morgan fingerprint density at radius 3 is 1.74 bits per heavy atom. The summed E-state index contributed by atoms with van der Waals surface area (Å²) in [5.74, 6) is 0. The molecule has 0 radical (unpaired) electrons. The number of unbranched alkanes of at least 4 members (excludes halogenated alkanes) is 10. The number of hydrogen-bond donors (Lipinski definition) is 0. The molecule has 0 unspecified atom stereocenters. The molecule has 2 nitrogen and oxygen atoms in total. The van der Waals surface area contributed by atoms with Crippen molar-refractivity contribution >= 4 is 44.4 Å². The first kappa shape index (κ1) is 26.5. The maximum Gasteiger partial charge on any atom is 0.115 e. The van der Waals surface area contributed by atoms with Crippen LogP contribution in [0.4, 0.5) is 0 Å². The maximum absolute atomic E-state index is 4.57. The van der Waals surface area contributed by atoms with Gasteiger partial charge in [0.15, 0.2) is 0 Å². The predicted octanol–water partition coefficient (Wildman–Crippen LogP) is 11.0. The fraction of sp³-hybridized carbons (Fsp3) is 0.533. The van der Waals surface area contributed by atoms with Crippen molar-refractivity contribution in [1.29, 1.82) is 0 Å². The average Bonchev–Trinajstić information content (AvgIpc) is 3.64. The topological polar surface area (TPSA) is 25.8 Å². The quantitative estimate of drug-likeness (QED) is 0.136. The molecule has 3 aromatic heterocycles. The van der Waals surface area contributed by atoms with Gasteiger partial charge in [-0.2, -0.15) is 0 Å².